The van der Waals surface area contributed by atoms with Gasteiger partial charge in [-0.2, -0.15) is 0 Å². The van der Waals surface area contributed by atoms with Crippen molar-refractivity contribution in [1.29, 1.82) is 0 Å². The molecule has 52 heavy (non-hydrogen) atoms. The number of nitrogens with zero attached hydrogens (tertiary/aromatic N) is 2. The molecule has 0 saturated carbocycles. The first-order valence-corrected chi connectivity index (χ1v) is 20.6. The van der Waals surface area contributed by atoms with Gasteiger partial charge in [-0.3, -0.25) is 0 Å². The summed E-state index contributed by atoms with van der Waals surface area (Å²) in [4.78, 5) is 9.12. The molecule has 3 heterocycles. The van der Waals surface area contributed by atoms with Gasteiger partial charge in [0.25, 0.3) is 0 Å². The summed E-state index contributed by atoms with van der Waals surface area (Å²) >= 11 is 0. The molecule has 0 bridgehead atoms. The maximum absolute atomic E-state index is 8.30. The molecule has 1 radical (unpaired) electrons. The fourth-order valence-corrected chi connectivity index (χ4v) is 7.10. The number of fused-ring (bicyclic) bond motifs is 3. The predicted octanol–water partition coefficient (Wildman–Crippen LogP) is 12.3. The van der Waals surface area contributed by atoms with E-state index in [0.717, 1.165) is 61.1 Å². The van der Waals surface area contributed by atoms with Crippen LogP contribution in [0.5, 0.6) is 0 Å². The fourth-order valence-electron chi connectivity index (χ4n) is 6.06. The van der Waals surface area contributed by atoms with E-state index in [1.807, 2.05) is 105 Å². The molecule has 3 nitrogen and oxygen atoms in total. The van der Waals surface area contributed by atoms with Gasteiger partial charge >= 0.3 is 0 Å². The van der Waals surface area contributed by atoms with Crippen LogP contribution in [0, 0.1) is 19.0 Å². The second-order valence-electron chi connectivity index (χ2n) is 14.0. The zero-order valence-electron chi connectivity index (χ0n) is 33.9. The molecule has 0 aliphatic carbocycles. The predicted molar refractivity (Wildman–Crippen MR) is 217 cm³/mol. The minimum absolute atomic E-state index is 0. The Bertz CT molecular complexity index is 2590. The SMILES string of the molecule is [2H]C(C)(C)c1ccnc(-c2[c-]cc3oc4ccc(-c5ccccc5)cc4c3c2)c1.[2H]C([2H])([2H])c1c[c-]c(-c2ccc([Si](C)(C)C)cn2)cc1-c1ccccc1.[Ir]. The Morgan fingerprint density at radius 3 is 2.04 bits per heavy atom. The molecule has 0 atom stereocenters. The Labute approximate surface area is 327 Å². The molecule has 5 heteroatoms. The van der Waals surface area contributed by atoms with Crippen LogP contribution in [0.4, 0.5) is 0 Å². The molecule has 3 aromatic heterocycles. The topological polar surface area (TPSA) is 38.9 Å². The van der Waals surface area contributed by atoms with Gasteiger partial charge in [-0.1, -0.05) is 142 Å². The third-order valence-corrected chi connectivity index (χ3v) is 11.1. The van der Waals surface area contributed by atoms with Crippen molar-refractivity contribution in [3.63, 3.8) is 0 Å². The Hall–Kier alpha value is -4.93. The first kappa shape index (κ1) is 31.8. The van der Waals surface area contributed by atoms with Crippen LogP contribution in [-0.4, -0.2) is 18.0 Å². The molecule has 0 amide bonds. The van der Waals surface area contributed by atoms with Gasteiger partial charge in [0, 0.05) is 43.4 Å². The summed E-state index contributed by atoms with van der Waals surface area (Å²) in [5.74, 6) is -0.672. The number of benzene rings is 5. The van der Waals surface area contributed by atoms with Gasteiger partial charge in [-0.25, -0.2) is 0 Å². The van der Waals surface area contributed by atoms with E-state index in [0.29, 0.717) is 11.1 Å². The summed E-state index contributed by atoms with van der Waals surface area (Å²) in [6.07, 6.45) is 3.70. The maximum atomic E-state index is 8.30. The van der Waals surface area contributed by atoms with Gasteiger partial charge in [-0.05, 0) is 57.4 Å². The van der Waals surface area contributed by atoms with Crippen molar-refractivity contribution in [2.24, 2.45) is 0 Å². The number of pyridine rings is 2. The molecule has 0 aliphatic rings. The number of hydrogen-bond acceptors (Lipinski definition) is 3. The summed E-state index contributed by atoms with van der Waals surface area (Å²) < 4.78 is 37.8. The molecule has 8 aromatic rings. The van der Waals surface area contributed by atoms with E-state index in [1.54, 1.807) is 12.3 Å². The quantitative estimate of drug-likeness (QED) is 0.123. The second-order valence-corrected chi connectivity index (χ2v) is 19.0. The van der Waals surface area contributed by atoms with Crippen molar-refractivity contribution >= 4 is 35.2 Å². The first-order valence-electron chi connectivity index (χ1n) is 19.1. The summed E-state index contributed by atoms with van der Waals surface area (Å²) in [5.41, 5.74) is 10.2. The standard InChI is InChI=1S/C26H20NO.C21H22NSi.Ir/c1-17(2)19-12-13-27-24(16-19)21-9-11-26-23(15-21)22-14-20(8-10-25(22)28-26)18-6-4-3-5-7-18;1-16-10-11-18(14-20(16)17-8-6-5-7-9-17)21-13-12-19(15-22-21)23(2,3)4;/h3-8,10-17H,1-2H3;5-10,12-15H,1-4H3;/q2*-1;/i17D;1D3;. The normalized spacial score (nSPS) is 12.9. The second kappa shape index (κ2) is 15.8. The molecule has 8 rings (SSSR count). The van der Waals surface area contributed by atoms with Gasteiger partial charge in [0.15, 0.2) is 0 Å². The Balaban J connectivity index is 0.000000188. The molecule has 5 aromatic carbocycles. The van der Waals surface area contributed by atoms with Crippen LogP contribution in [0.2, 0.25) is 19.6 Å². The molecule has 0 aliphatic heterocycles. The molecule has 0 spiro atoms. The molecule has 0 fully saturated rings. The van der Waals surface area contributed by atoms with E-state index >= 15 is 0 Å². The number of aryl methyl sites for hydroxylation is 1. The monoisotopic (exact) mass is 875 g/mol. The molecular formula is C47H42IrN2OSi-2. The van der Waals surface area contributed by atoms with Crippen molar-refractivity contribution in [3.8, 4) is 44.8 Å². The van der Waals surface area contributed by atoms with E-state index in [9.17, 15) is 0 Å². The van der Waals surface area contributed by atoms with Gasteiger partial charge in [0.05, 0.1) is 13.7 Å². The fraction of sp³-hybridized carbons (Fsp3) is 0.149. The van der Waals surface area contributed by atoms with Crippen LogP contribution in [0.3, 0.4) is 0 Å². The zero-order chi connectivity index (χ0) is 39.0. The zero-order valence-corrected chi connectivity index (χ0v) is 33.3. The van der Waals surface area contributed by atoms with Crippen LogP contribution in [0.15, 0.2) is 144 Å². The van der Waals surface area contributed by atoms with E-state index in [1.165, 1.54) is 10.8 Å². The van der Waals surface area contributed by atoms with Crippen molar-refractivity contribution in [3.05, 3.63) is 163 Å². The third-order valence-electron chi connectivity index (χ3n) is 9.06. The summed E-state index contributed by atoms with van der Waals surface area (Å²) in [7, 11) is -1.40. The Morgan fingerprint density at radius 1 is 0.673 bits per heavy atom. The number of furan rings is 1. The minimum Gasteiger partial charge on any atom is -0.500 e. The molecule has 0 N–H and O–H groups in total. The van der Waals surface area contributed by atoms with E-state index in [2.05, 4.69) is 78.1 Å². The molecule has 261 valence electrons. The van der Waals surface area contributed by atoms with Gasteiger partial charge < -0.3 is 14.4 Å². The van der Waals surface area contributed by atoms with Crippen LogP contribution in [0.25, 0.3) is 66.7 Å². The van der Waals surface area contributed by atoms with E-state index in [4.69, 9.17) is 9.90 Å². The third kappa shape index (κ3) is 8.08. The van der Waals surface area contributed by atoms with Gasteiger partial charge in [0.1, 0.15) is 5.58 Å². The Morgan fingerprint density at radius 2 is 1.37 bits per heavy atom. The minimum atomic E-state index is -2.19. The summed E-state index contributed by atoms with van der Waals surface area (Å²) in [6, 6.07) is 48.1. The Kier molecular flexibility index (Phi) is 9.63. The molecular weight excluding hydrogens is 829 g/mol. The number of aromatic nitrogens is 2. The average Bonchev–Trinajstić information content (AvgIpc) is 3.55. The van der Waals surface area contributed by atoms with E-state index < -0.39 is 20.8 Å². The van der Waals surface area contributed by atoms with Crippen molar-refractivity contribution in [1.82, 2.24) is 9.97 Å². The maximum Gasteiger partial charge on any atom is 0.121 e. The van der Waals surface area contributed by atoms with Crippen LogP contribution in [-0.2, 0) is 20.1 Å². The van der Waals surface area contributed by atoms with Gasteiger partial charge in [0.2, 0.25) is 0 Å². The van der Waals surface area contributed by atoms with Gasteiger partial charge in [-0.15, -0.1) is 53.1 Å². The summed E-state index contributed by atoms with van der Waals surface area (Å²) in [6.45, 7) is 8.44. The van der Waals surface area contributed by atoms with Crippen LogP contribution >= 0.6 is 0 Å². The van der Waals surface area contributed by atoms with E-state index in [-0.39, 0.29) is 20.1 Å². The number of rotatable bonds is 6. The number of hydrogen-bond donors (Lipinski definition) is 0. The molecule has 0 saturated heterocycles. The van der Waals surface area contributed by atoms with Crippen LogP contribution in [0.1, 0.15) is 36.4 Å². The van der Waals surface area contributed by atoms with Crippen LogP contribution < -0.4 is 5.19 Å². The largest absolute Gasteiger partial charge is 0.500 e. The smallest absolute Gasteiger partial charge is 0.121 e. The van der Waals surface area contributed by atoms with Crippen molar-refractivity contribution in [2.45, 2.75) is 46.2 Å². The summed E-state index contributed by atoms with van der Waals surface area (Å²) in [5, 5.41) is 3.42. The van der Waals surface area contributed by atoms with Crippen molar-refractivity contribution < 1.29 is 30.0 Å². The first-order chi connectivity index (χ1) is 26.1. The molecule has 0 unspecified atom stereocenters. The van der Waals surface area contributed by atoms with Crippen molar-refractivity contribution in [2.75, 3.05) is 0 Å². The average molecular weight is 875 g/mol.